The lowest BCUT2D eigenvalue weighted by atomic mass is 9.86. The largest absolute Gasteiger partial charge is 0.416 e. The first-order valence-corrected chi connectivity index (χ1v) is 6.38. The number of rotatable bonds is 0. The zero-order valence-corrected chi connectivity index (χ0v) is 11.4. The first-order valence-electron chi connectivity index (χ1n) is 6.38. The van der Waals surface area contributed by atoms with Crippen molar-refractivity contribution in [3.8, 4) is 0 Å². The number of hydrogen-bond acceptors (Lipinski definition) is 1. The average molecular weight is 292 g/mol. The fourth-order valence-corrected chi connectivity index (χ4v) is 3.34. The molecule has 1 aliphatic carbocycles. The Morgan fingerprint density at radius 1 is 1.26 bits per heavy atom. The molecule has 1 aromatic carbocycles. The Kier molecular flexibility index (Phi) is 3.85. The highest BCUT2D eigenvalue weighted by Gasteiger charge is 2.38. The fourth-order valence-electron chi connectivity index (χ4n) is 3.34. The van der Waals surface area contributed by atoms with Crippen molar-refractivity contribution in [2.45, 2.75) is 32.0 Å². The summed E-state index contributed by atoms with van der Waals surface area (Å²) in [5.41, 5.74) is 1.43. The zero-order chi connectivity index (χ0) is 12.9. The summed E-state index contributed by atoms with van der Waals surface area (Å²) in [6.45, 7) is 3.15. The third-order valence-corrected chi connectivity index (χ3v) is 4.15. The Morgan fingerprint density at radius 2 is 2.00 bits per heavy atom. The summed E-state index contributed by atoms with van der Waals surface area (Å²) < 4.78 is 38.0. The van der Waals surface area contributed by atoms with Gasteiger partial charge in [0.05, 0.1) is 5.56 Å². The summed E-state index contributed by atoms with van der Waals surface area (Å²) in [4.78, 5) is 0. The minimum Gasteiger partial charge on any atom is -0.309 e. The number of benzene rings is 1. The second-order valence-corrected chi connectivity index (χ2v) is 5.60. The zero-order valence-electron chi connectivity index (χ0n) is 10.6. The second-order valence-electron chi connectivity index (χ2n) is 5.60. The molecule has 1 aromatic rings. The van der Waals surface area contributed by atoms with Crippen LogP contribution in [0.5, 0.6) is 0 Å². The molecule has 106 valence electrons. The number of nitrogens with one attached hydrogen (secondary N) is 1. The Morgan fingerprint density at radius 3 is 2.68 bits per heavy atom. The molecular formula is C14H17ClF3N. The lowest BCUT2D eigenvalue weighted by molar-refractivity contribution is -0.137. The number of piperidine rings is 1. The molecular weight excluding hydrogens is 275 g/mol. The Hall–Kier alpha value is -0.740. The molecule has 1 fully saturated rings. The van der Waals surface area contributed by atoms with Crippen LogP contribution in [0.3, 0.4) is 0 Å². The van der Waals surface area contributed by atoms with Gasteiger partial charge in [0.1, 0.15) is 0 Å². The van der Waals surface area contributed by atoms with E-state index in [1.165, 1.54) is 12.1 Å². The third kappa shape index (κ3) is 2.61. The Labute approximate surface area is 117 Å². The summed E-state index contributed by atoms with van der Waals surface area (Å²) in [7, 11) is 0. The lowest BCUT2D eigenvalue weighted by Crippen LogP contribution is -2.36. The molecule has 0 aromatic heterocycles. The molecule has 0 spiro atoms. The van der Waals surface area contributed by atoms with Crippen molar-refractivity contribution in [1.29, 1.82) is 0 Å². The van der Waals surface area contributed by atoms with Crippen LogP contribution in [0, 0.1) is 11.8 Å². The normalized spacial score (nSPS) is 29.4. The number of hydrogen-bond donors (Lipinski definition) is 1. The molecule has 1 aliphatic heterocycles. The van der Waals surface area contributed by atoms with Crippen LogP contribution in [0.4, 0.5) is 13.2 Å². The van der Waals surface area contributed by atoms with E-state index in [2.05, 4.69) is 12.2 Å². The highest BCUT2D eigenvalue weighted by atomic mass is 35.5. The van der Waals surface area contributed by atoms with E-state index in [1.54, 1.807) is 6.07 Å². The van der Waals surface area contributed by atoms with Gasteiger partial charge in [0.25, 0.3) is 0 Å². The molecule has 0 amide bonds. The second kappa shape index (κ2) is 4.98. The van der Waals surface area contributed by atoms with Gasteiger partial charge in [-0.1, -0.05) is 13.0 Å². The molecule has 19 heavy (non-hydrogen) atoms. The molecule has 1 nitrogen and oxygen atoms in total. The topological polar surface area (TPSA) is 12.0 Å². The smallest absolute Gasteiger partial charge is 0.309 e. The van der Waals surface area contributed by atoms with Gasteiger partial charge in [-0.25, -0.2) is 0 Å². The molecule has 3 rings (SSSR count). The molecule has 2 aliphatic rings. The summed E-state index contributed by atoms with van der Waals surface area (Å²) in [6.07, 6.45) is -2.35. The fraction of sp³-hybridized carbons (Fsp3) is 0.571. The predicted molar refractivity (Wildman–Crippen MR) is 70.4 cm³/mol. The van der Waals surface area contributed by atoms with Gasteiger partial charge in [0, 0.05) is 6.04 Å². The minimum absolute atomic E-state index is 0. The molecule has 0 radical (unpaired) electrons. The van der Waals surface area contributed by atoms with Crippen molar-refractivity contribution in [1.82, 2.24) is 5.32 Å². The highest BCUT2D eigenvalue weighted by molar-refractivity contribution is 5.85. The van der Waals surface area contributed by atoms with E-state index >= 15 is 0 Å². The maximum Gasteiger partial charge on any atom is 0.416 e. The number of fused-ring (bicyclic) bond motifs is 3. The van der Waals surface area contributed by atoms with Crippen LogP contribution in [-0.2, 0) is 12.6 Å². The number of alkyl halides is 3. The van der Waals surface area contributed by atoms with E-state index < -0.39 is 11.7 Å². The molecule has 1 heterocycles. The van der Waals surface area contributed by atoms with E-state index in [9.17, 15) is 13.2 Å². The van der Waals surface area contributed by atoms with Crippen LogP contribution >= 0.6 is 12.4 Å². The summed E-state index contributed by atoms with van der Waals surface area (Å²) in [6, 6.07) is 4.46. The maximum atomic E-state index is 12.7. The van der Waals surface area contributed by atoms with Gasteiger partial charge in [0.2, 0.25) is 0 Å². The molecule has 3 atom stereocenters. The third-order valence-electron chi connectivity index (χ3n) is 4.15. The van der Waals surface area contributed by atoms with Gasteiger partial charge < -0.3 is 5.32 Å². The van der Waals surface area contributed by atoms with Crippen molar-refractivity contribution < 1.29 is 13.2 Å². The quantitative estimate of drug-likeness (QED) is 0.763. The first kappa shape index (κ1) is 14.7. The molecule has 0 unspecified atom stereocenters. The molecule has 5 heteroatoms. The summed E-state index contributed by atoms with van der Waals surface area (Å²) >= 11 is 0. The Balaban J connectivity index is 0.00000133. The van der Waals surface area contributed by atoms with Crippen LogP contribution in [0.1, 0.15) is 36.1 Å². The van der Waals surface area contributed by atoms with Gasteiger partial charge in [-0.3, -0.25) is 0 Å². The maximum absolute atomic E-state index is 12.7. The van der Waals surface area contributed by atoms with Gasteiger partial charge in [0.15, 0.2) is 0 Å². The molecule has 0 bridgehead atoms. The monoisotopic (exact) mass is 291 g/mol. The lowest BCUT2D eigenvalue weighted by Gasteiger charge is -2.31. The molecule has 0 saturated carbocycles. The van der Waals surface area contributed by atoms with Crippen LogP contribution < -0.4 is 5.32 Å². The molecule has 1 saturated heterocycles. The number of halogens is 4. The van der Waals surface area contributed by atoms with Crippen LogP contribution in [0.2, 0.25) is 0 Å². The predicted octanol–water partition coefficient (Wildman–Crippen LogP) is 3.97. The minimum atomic E-state index is -4.23. The van der Waals surface area contributed by atoms with Gasteiger partial charge in [-0.2, -0.15) is 13.2 Å². The van der Waals surface area contributed by atoms with E-state index in [4.69, 9.17) is 0 Å². The van der Waals surface area contributed by atoms with Crippen molar-refractivity contribution >= 4 is 12.4 Å². The van der Waals surface area contributed by atoms with E-state index in [0.717, 1.165) is 30.5 Å². The van der Waals surface area contributed by atoms with Crippen LogP contribution in [0.15, 0.2) is 18.2 Å². The van der Waals surface area contributed by atoms with Crippen LogP contribution in [0.25, 0.3) is 0 Å². The Bertz CT molecular complexity index is 472. The highest BCUT2D eigenvalue weighted by Crippen LogP contribution is 2.43. The van der Waals surface area contributed by atoms with Crippen LogP contribution in [-0.4, -0.2) is 6.54 Å². The van der Waals surface area contributed by atoms with Crippen molar-refractivity contribution in [2.75, 3.05) is 6.54 Å². The van der Waals surface area contributed by atoms with Gasteiger partial charge >= 0.3 is 6.18 Å². The first-order chi connectivity index (χ1) is 8.45. The van der Waals surface area contributed by atoms with Crippen molar-refractivity contribution in [3.05, 3.63) is 34.9 Å². The van der Waals surface area contributed by atoms with Gasteiger partial charge in [-0.05, 0) is 54.5 Å². The van der Waals surface area contributed by atoms with Crippen molar-refractivity contribution in [2.24, 2.45) is 11.8 Å². The summed E-state index contributed by atoms with van der Waals surface area (Å²) in [5, 5.41) is 3.46. The standard InChI is InChI=1S/C14H16F3N.ClH/c1-8-4-10-5-9-6-11(14(15,16)17)2-3-12(9)13(10)18-7-8;/h2-3,6,8,10,13,18H,4-5,7H2,1H3;1H/t8-,10-,13-;/m1./s1. The van der Waals surface area contributed by atoms with E-state index in [1.807, 2.05) is 0 Å². The SMILES string of the molecule is C[C@H]1CN[C@H]2c3ccc(C(F)(F)F)cc3C[C@H]2C1.Cl. The van der Waals surface area contributed by atoms with Crippen molar-refractivity contribution in [3.63, 3.8) is 0 Å². The van der Waals surface area contributed by atoms with E-state index in [0.29, 0.717) is 11.8 Å². The molecule has 1 N–H and O–H groups in total. The summed E-state index contributed by atoms with van der Waals surface area (Å²) in [5.74, 6) is 1.08. The van der Waals surface area contributed by atoms with E-state index in [-0.39, 0.29) is 18.4 Å². The average Bonchev–Trinajstić information content (AvgIpc) is 2.63. The van der Waals surface area contributed by atoms with Gasteiger partial charge in [-0.15, -0.1) is 12.4 Å².